The van der Waals surface area contributed by atoms with Gasteiger partial charge >= 0.3 is 89.0 Å². The Labute approximate surface area is 286 Å². The van der Waals surface area contributed by atoms with Gasteiger partial charge in [-0.2, -0.15) is 0 Å². The number of hydrogen-bond acceptors (Lipinski definition) is 8. The van der Waals surface area contributed by atoms with Crippen LogP contribution in [0.25, 0.3) is 0 Å². The van der Waals surface area contributed by atoms with Crippen molar-refractivity contribution in [3.05, 3.63) is 132 Å². The third-order valence-corrected chi connectivity index (χ3v) is 10.6. The van der Waals surface area contributed by atoms with E-state index in [-0.39, 0.29) is 12.8 Å². The number of rotatable bonds is 16. The molecule has 0 spiro atoms. The number of hydrogen-bond donors (Lipinski definition) is 0. The molecule has 9 heteroatoms. The van der Waals surface area contributed by atoms with Crippen LogP contribution in [0.1, 0.15) is 49.7 Å². The summed E-state index contributed by atoms with van der Waals surface area (Å²) in [5, 5.41) is 42.3. The zero-order chi connectivity index (χ0) is 34.3. The predicted octanol–water partition coefficient (Wildman–Crippen LogP) is 0.372. The second kappa shape index (κ2) is 23.0. The zero-order valence-corrected chi connectivity index (χ0v) is 29.0. The Morgan fingerprint density at radius 1 is 0.468 bits per heavy atom. The molecule has 6 radical (unpaired) electrons. The molecule has 0 fully saturated rings. The molecule has 0 heterocycles. The molecule has 4 rings (SSSR count). The van der Waals surface area contributed by atoms with Crippen molar-refractivity contribution in [1.82, 2.24) is 0 Å². The van der Waals surface area contributed by atoms with Gasteiger partial charge in [0.05, 0.1) is 0 Å². The average molecular weight is 741 g/mol. The van der Waals surface area contributed by atoms with E-state index in [1.54, 1.807) is 0 Å². The molecule has 2 unspecified atom stereocenters. The minimum atomic E-state index is -1.15. The van der Waals surface area contributed by atoms with Gasteiger partial charge in [-0.1, -0.05) is 60.7 Å². The molecular formula is C38H38O8Sn. The molecule has 0 bridgehead atoms. The van der Waals surface area contributed by atoms with E-state index in [4.69, 9.17) is 0 Å². The summed E-state index contributed by atoms with van der Waals surface area (Å²) in [5.41, 5.74) is 1.82. The Bertz CT molecular complexity index is 1350. The number of carbonyl (C=O) groups is 4. The Kier molecular flexibility index (Phi) is 18.9. The number of carboxylic acid groups (broad SMARTS) is 4. The number of benzene rings is 4. The summed E-state index contributed by atoms with van der Waals surface area (Å²) in [6, 6.07) is 40.0. The molecular weight excluding hydrogens is 703 g/mol. The van der Waals surface area contributed by atoms with E-state index >= 15 is 0 Å². The topological polar surface area (TPSA) is 161 Å². The normalized spacial score (nSPS) is 11.4. The van der Waals surface area contributed by atoms with E-state index in [0.29, 0.717) is 38.5 Å². The molecule has 0 aliphatic carbocycles. The van der Waals surface area contributed by atoms with Gasteiger partial charge in [0.25, 0.3) is 0 Å². The van der Waals surface area contributed by atoms with Gasteiger partial charge in [0.1, 0.15) is 0 Å². The van der Waals surface area contributed by atoms with E-state index in [0.717, 1.165) is 11.1 Å². The van der Waals surface area contributed by atoms with Gasteiger partial charge in [-0.15, -0.1) is 0 Å². The van der Waals surface area contributed by atoms with Crippen LogP contribution < -0.4 is 27.6 Å². The Balaban J connectivity index is 0.000000247. The molecule has 0 saturated carbocycles. The summed E-state index contributed by atoms with van der Waals surface area (Å²) in [4.78, 5) is 42.3. The monoisotopic (exact) mass is 742 g/mol. The van der Waals surface area contributed by atoms with Crippen molar-refractivity contribution in [2.24, 2.45) is 11.8 Å². The van der Waals surface area contributed by atoms with Crippen LogP contribution in [0.15, 0.2) is 121 Å². The number of carbonyl (C=O) groups excluding carboxylic acids is 4. The molecule has 0 amide bonds. The number of carboxylic acids is 4. The van der Waals surface area contributed by atoms with Crippen molar-refractivity contribution >= 4 is 52.2 Å². The molecule has 0 aliphatic heterocycles. The van der Waals surface area contributed by atoms with Gasteiger partial charge in [0.15, 0.2) is 0 Å². The van der Waals surface area contributed by atoms with E-state index in [2.05, 4.69) is 60.7 Å². The van der Waals surface area contributed by atoms with Gasteiger partial charge < -0.3 is 39.6 Å². The maximum atomic E-state index is 10.9. The van der Waals surface area contributed by atoms with Crippen molar-refractivity contribution in [1.29, 1.82) is 0 Å². The first-order valence-corrected chi connectivity index (χ1v) is 18.3. The van der Waals surface area contributed by atoms with Crippen molar-refractivity contribution in [3.8, 4) is 0 Å². The van der Waals surface area contributed by atoms with Crippen molar-refractivity contribution in [3.63, 3.8) is 0 Å². The fourth-order valence-electron chi connectivity index (χ4n) is 4.60. The van der Waals surface area contributed by atoms with Crippen LogP contribution in [0.2, 0.25) is 0 Å². The standard InChI is InChI=1S/2C13H16O4.2C6H5.Sn/c2*14-12(15)8-4-7-11(13(16)17)9-10-5-2-1-3-6-10;2*1-2-4-6-5-3-1;/h2*1-3,5-6,11H,4,7-9H2,(H,14,15)(H,16,17);2*1-5H;/q;;;;+4/p-4. The summed E-state index contributed by atoms with van der Waals surface area (Å²) < 4.78 is 3.08. The molecule has 0 N–H and O–H groups in total. The third kappa shape index (κ3) is 18.3. The summed E-state index contributed by atoms with van der Waals surface area (Å²) in [6.45, 7) is 0. The molecule has 0 aromatic heterocycles. The molecule has 0 aliphatic rings. The first kappa shape index (κ1) is 38.7. The fraction of sp³-hybridized carbons (Fsp3) is 0.263. The second-order valence-electron chi connectivity index (χ2n) is 10.8. The van der Waals surface area contributed by atoms with Gasteiger partial charge in [-0.05, 0) is 62.5 Å². The van der Waals surface area contributed by atoms with Crippen molar-refractivity contribution in [2.75, 3.05) is 0 Å². The maximum absolute atomic E-state index is 10.9. The SMILES string of the molecule is O=C([O-])CCCC(Cc1ccccc1)C(=O)[O-].O=C([O-])CCCC(Cc1ccccc1)C(=O)[O-].c1cc[c]([Sn+4][c]2ccccc2)cc1. The van der Waals surface area contributed by atoms with Gasteiger partial charge in [0, 0.05) is 35.7 Å². The van der Waals surface area contributed by atoms with E-state index in [1.165, 1.54) is 7.16 Å². The van der Waals surface area contributed by atoms with E-state index in [9.17, 15) is 39.6 Å². The van der Waals surface area contributed by atoms with Gasteiger partial charge in [-0.25, -0.2) is 0 Å². The van der Waals surface area contributed by atoms with Crippen LogP contribution in [-0.4, -0.2) is 45.0 Å². The molecule has 8 nitrogen and oxygen atoms in total. The van der Waals surface area contributed by atoms with Gasteiger partial charge in [0.2, 0.25) is 0 Å². The Hall–Kier alpha value is -4.44. The summed E-state index contributed by atoms with van der Waals surface area (Å²) in [6.07, 6.45) is 1.71. The van der Waals surface area contributed by atoms with Crippen molar-refractivity contribution < 1.29 is 39.6 Å². The van der Waals surface area contributed by atoms with E-state index < -0.39 is 56.9 Å². The fourth-order valence-corrected chi connectivity index (χ4v) is 7.60. The minimum absolute atomic E-state index is 0.113. The summed E-state index contributed by atoms with van der Waals surface area (Å²) in [7, 11) is 0. The van der Waals surface area contributed by atoms with Crippen LogP contribution in [0.3, 0.4) is 0 Å². The number of aliphatic carboxylic acids is 4. The molecule has 4 aromatic rings. The van der Waals surface area contributed by atoms with Crippen LogP contribution in [-0.2, 0) is 32.0 Å². The molecule has 47 heavy (non-hydrogen) atoms. The van der Waals surface area contributed by atoms with Gasteiger partial charge in [-0.3, -0.25) is 0 Å². The first-order chi connectivity index (χ1) is 22.6. The van der Waals surface area contributed by atoms with Crippen LogP contribution in [0, 0.1) is 11.8 Å². The molecule has 242 valence electrons. The summed E-state index contributed by atoms with van der Waals surface area (Å²) >= 11 is -0.517. The van der Waals surface area contributed by atoms with Crippen LogP contribution >= 0.6 is 0 Å². The van der Waals surface area contributed by atoms with E-state index in [1.807, 2.05) is 60.7 Å². The third-order valence-electron chi connectivity index (χ3n) is 7.02. The zero-order valence-electron chi connectivity index (χ0n) is 26.1. The van der Waals surface area contributed by atoms with Crippen LogP contribution in [0.4, 0.5) is 0 Å². The Morgan fingerprint density at radius 2 is 0.766 bits per heavy atom. The van der Waals surface area contributed by atoms with Crippen molar-refractivity contribution in [2.45, 2.75) is 51.4 Å². The second-order valence-corrected chi connectivity index (χ2v) is 14.8. The summed E-state index contributed by atoms with van der Waals surface area (Å²) in [5.74, 6) is -5.85. The molecule has 0 saturated heterocycles. The Morgan fingerprint density at radius 3 is 1.04 bits per heavy atom. The first-order valence-electron chi connectivity index (χ1n) is 15.4. The quantitative estimate of drug-likeness (QED) is 0.149. The average Bonchev–Trinajstić information content (AvgIpc) is 3.06. The van der Waals surface area contributed by atoms with Crippen LogP contribution in [0.5, 0.6) is 0 Å². The predicted molar refractivity (Wildman–Crippen MR) is 173 cm³/mol. The molecule has 2 atom stereocenters. The molecule has 4 aromatic carbocycles.